The van der Waals surface area contributed by atoms with Crippen LogP contribution < -0.4 is 10.1 Å². The van der Waals surface area contributed by atoms with Gasteiger partial charge in [0.1, 0.15) is 11.4 Å². The summed E-state index contributed by atoms with van der Waals surface area (Å²) in [5.41, 5.74) is 0.773. The third-order valence-electron chi connectivity index (χ3n) is 3.29. The summed E-state index contributed by atoms with van der Waals surface area (Å²) < 4.78 is 30.2. The highest BCUT2D eigenvalue weighted by Crippen LogP contribution is 2.31. The average molecular weight is 357 g/mol. The molecule has 1 amide bonds. The Kier molecular flexibility index (Phi) is 7.11. The first kappa shape index (κ1) is 19.0. The van der Waals surface area contributed by atoms with E-state index in [9.17, 15) is 13.2 Å². The largest absolute Gasteiger partial charge is 0.494 e. The zero-order valence-corrected chi connectivity index (χ0v) is 15.0. The Morgan fingerprint density at radius 1 is 1.48 bits per heavy atom. The Hall–Kier alpha value is -2.00. The molecule has 126 valence electrons. The zero-order chi connectivity index (χ0) is 17.6. The highest BCUT2D eigenvalue weighted by molar-refractivity contribution is 7.80. The maximum atomic E-state index is 12.6. The number of ether oxygens (including phenoxy) is 1. The number of hydrogen-bond donors (Lipinski definition) is 1. The van der Waals surface area contributed by atoms with Gasteiger partial charge < -0.3 is 10.1 Å². The molecule has 23 heavy (non-hydrogen) atoms. The first-order valence-electron chi connectivity index (χ1n) is 6.87. The number of carbonyl (C=O) groups excluding carboxylic acids is 1. The normalized spacial score (nSPS) is 11.3. The molecular weight excluding hydrogens is 338 g/mol. The second-order valence-corrected chi connectivity index (χ2v) is 5.60. The highest BCUT2D eigenvalue weighted by atomic mass is 32.2. The van der Waals surface area contributed by atoms with Gasteiger partial charge in [0.15, 0.2) is 5.11 Å². The van der Waals surface area contributed by atoms with Crippen LogP contribution in [0.5, 0.6) is 5.75 Å². The lowest BCUT2D eigenvalue weighted by Gasteiger charge is -2.25. The number of thiocarbonyl (C=S) groups is 1. The minimum atomic E-state index is -2.61. The Bertz CT molecular complexity index is 724. The second-order valence-electron chi connectivity index (χ2n) is 4.60. The molecule has 0 aromatic heterocycles. The van der Waals surface area contributed by atoms with Crippen molar-refractivity contribution < 1.29 is 17.9 Å². The van der Waals surface area contributed by atoms with Crippen LogP contribution in [0, 0.1) is 0 Å². The molecule has 1 unspecified atom stereocenters. The summed E-state index contributed by atoms with van der Waals surface area (Å²) in [5.74, 6) is -0.386. The predicted molar refractivity (Wildman–Crippen MR) is 91.5 cm³/mol. The number of carbonyl (C=O) groups is 1. The van der Waals surface area contributed by atoms with E-state index in [-0.39, 0.29) is 11.6 Å². The third-order valence-corrected chi connectivity index (χ3v) is 4.06. The van der Waals surface area contributed by atoms with Crippen molar-refractivity contribution in [1.29, 1.82) is 0 Å². The van der Waals surface area contributed by atoms with Gasteiger partial charge in [-0.1, -0.05) is 6.07 Å². The average Bonchev–Trinajstić information content (AvgIpc) is 2.53. The molecule has 0 aliphatic carbocycles. The van der Waals surface area contributed by atoms with Crippen LogP contribution in [0.1, 0.15) is 25.3 Å². The number of likely N-dealkylation sites (N-methyl/N-ethyl adjacent to an activating group) is 1. The van der Waals surface area contributed by atoms with E-state index in [0.29, 0.717) is 23.0 Å². The molecule has 0 aliphatic heterocycles. The summed E-state index contributed by atoms with van der Waals surface area (Å²) in [6.45, 7) is 3.98. The molecule has 1 aromatic rings. The molecule has 9 heteroatoms. The lowest BCUT2D eigenvalue weighted by atomic mass is 9.99. The van der Waals surface area contributed by atoms with Crippen molar-refractivity contribution in [3.63, 3.8) is 0 Å². The van der Waals surface area contributed by atoms with Gasteiger partial charge in [-0.2, -0.15) is 8.42 Å². The fourth-order valence-corrected chi connectivity index (χ4v) is 2.56. The quantitative estimate of drug-likeness (QED) is 0.809. The van der Waals surface area contributed by atoms with Gasteiger partial charge in [0, 0.05) is 13.6 Å². The van der Waals surface area contributed by atoms with Crippen LogP contribution in [0.3, 0.4) is 0 Å². The van der Waals surface area contributed by atoms with Crippen molar-refractivity contribution in [2.24, 2.45) is 4.36 Å². The fourth-order valence-electron chi connectivity index (χ4n) is 2.04. The molecule has 0 aliphatic rings. The molecule has 1 N–H and O–H groups in total. The van der Waals surface area contributed by atoms with Gasteiger partial charge in [-0.05, 0) is 43.8 Å². The smallest absolute Gasteiger partial charge is 0.316 e. The minimum Gasteiger partial charge on any atom is -0.494 e. The van der Waals surface area contributed by atoms with Crippen LogP contribution in [-0.2, 0) is 15.3 Å². The van der Waals surface area contributed by atoms with E-state index in [4.69, 9.17) is 17.0 Å². The van der Waals surface area contributed by atoms with Crippen molar-refractivity contribution >= 4 is 39.4 Å². The third kappa shape index (κ3) is 4.73. The zero-order valence-electron chi connectivity index (χ0n) is 13.4. The number of hydrogen-bond acceptors (Lipinski definition) is 6. The number of amides is 1. The van der Waals surface area contributed by atoms with E-state index < -0.39 is 16.4 Å². The fraction of sp³-hybridized carbons (Fsp3) is 0.429. The molecular formula is C14H19N3O4S2. The Morgan fingerprint density at radius 3 is 2.61 bits per heavy atom. The van der Waals surface area contributed by atoms with Crippen molar-refractivity contribution in [2.45, 2.75) is 19.8 Å². The van der Waals surface area contributed by atoms with Crippen LogP contribution in [0.15, 0.2) is 22.6 Å². The standard InChI is InChI=1S/C14H19N3O4S2/c1-5-17(14(22)15-3)13(18)9(2)10-6-7-12(21-4)11(8-10)16-23(19)20/h6-9H,5H2,1-4H3,(H,15,22). The molecule has 0 heterocycles. The van der Waals surface area contributed by atoms with Crippen LogP contribution in [0.25, 0.3) is 0 Å². The van der Waals surface area contributed by atoms with Gasteiger partial charge in [0.2, 0.25) is 5.91 Å². The summed E-state index contributed by atoms with van der Waals surface area (Å²) in [7, 11) is 0.456. The van der Waals surface area contributed by atoms with E-state index in [1.54, 1.807) is 26.1 Å². The second kappa shape index (κ2) is 8.59. The van der Waals surface area contributed by atoms with Crippen LogP contribution >= 0.6 is 12.2 Å². The molecule has 0 radical (unpaired) electrons. The van der Waals surface area contributed by atoms with Crippen molar-refractivity contribution in [2.75, 3.05) is 20.7 Å². The van der Waals surface area contributed by atoms with Gasteiger partial charge in [-0.15, -0.1) is 4.36 Å². The minimum absolute atomic E-state index is 0.150. The molecule has 0 saturated carbocycles. The van der Waals surface area contributed by atoms with Gasteiger partial charge in [0.05, 0.1) is 13.0 Å². The first-order chi connectivity index (χ1) is 10.8. The van der Waals surface area contributed by atoms with Crippen molar-refractivity contribution in [3.8, 4) is 5.75 Å². The van der Waals surface area contributed by atoms with Crippen molar-refractivity contribution in [1.82, 2.24) is 10.2 Å². The van der Waals surface area contributed by atoms with Crippen molar-refractivity contribution in [3.05, 3.63) is 23.8 Å². The maximum absolute atomic E-state index is 12.6. The number of rotatable bonds is 5. The van der Waals surface area contributed by atoms with Crippen LogP contribution in [-0.4, -0.2) is 45.0 Å². The number of benzene rings is 1. The SMILES string of the molecule is CCN(C(=O)C(C)c1ccc(OC)c(N=S(=O)=O)c1)C(=S)NC. The summed E-state index contributed by atoms with van der Waals surface area (Å²) in [6.07, 6.45) is 0. The van der Waals surface area contributed by atoms with E-state index in [0.717, 1.165) is 0 Å². The van der Waals surface area contributed by atoms with E-state index in [1.807, 2.05) is 6.92 Å². The van der Waals surface area contributed by atoms with Gasteiger partial charge in [-0.3, -0.25) is 9.69 Å². The molecule has 0 bridgehead atoms. The topological polar surface area (TPSA) is 88.1 Å². The Morgan fingerprint density at radius 2 is 2.13 bits per heavy atom. The van der Waals surface area contributed by atoms with Crippen LogP contribution in [0.2, 0.25) is 0 Å². The summed E-state index contributed by atoms with van der Waals surface area (Å²) in [5, 5.41) is 3.11. The summed E-state index contributed by atoms with van der Waals surface area (Å²) in [4.78, 5) is 14.0. The van der Waals surface area contributed by atoms with E-state index in [2.05, 4.69) is 9.68 Å². The summed E-state index contributed by atoms with van der Waals surface area (Å²) in [6, 6.07) is 4.80. The molecule has 0 fully saturated rings. The lowest BCUT2D eigenvalue weighted by molar-refractivity contribution is -0.128. The van der Waals surface area contributed by atoms with Gasteiger partial charge in [-0.25, -0.2) is 0 Å². The number of nitrogens with zero attached hydrogens (tertiary/aromatic N) is 2. The maximum Gasteiger partial charge on any atom is 0.316 e. The molecule has 1 atom stereocenters. The predicted octanol–water partition coefficient (Wildman–Crippen LogP) is 1.85. The monoisotopic (exact) mass is 357 g/mol. The molecule has 1 aromatic carbocycles. The number of methoxy groups -OCH3 is 1. The van der Waals surface area contributed by atoms with E-state index >= 15 is 0 Å². The van der Waals surface area contributed by atoms with Crippen LogP contribution in [0.4, 0.5) is 5.69 Å². The van der Waals surface area contributed by atoms with Gasteiger partial charge >= 0.3 is 10.5 Å². The molecule has 1 rings (SSSR count). The van der Waals surface area contributed by atoms with Gasteiger partial charge in [0.25, 0.3) is 0 Å². The molecule has 0 saturated heterocycles. The Labute approximate surface area is 142 Å². The highest BCUT2D eigenvalue weighted by Gasteiger charge is 2.24. The number of nitrogens with one attached hydrogen (secondary N) is 1. The van der Waals surface area contributed by atoms with E-state index in [1.165, 1.54) is 18.1 Å². The summed E-state index contributed by atoms with van der Waals surface area (Å²) >= 11 is 5.12. The lowest BCUT2D eigenvalue weighted by Crippen LogP contribution is -2.43. The molecule has 0 spiro atoms. The Balaban J connectivity index is 3.22. The first-order valence-corrected chi connectivity index (χ1v) is 8.31. The molecule has 7 nitrogen and oxygen atoms in total.